The lowest BCUT2D eigenvalue weighted by Crippen LogP contribution is -2.59. The standard InChI is InChI=1S/C14H29F3O2Si/c1-6-12(7-2)19-20(5,11-10-14(15,16)17)13(18,8-3)9-4/h12,18H,6-11H2,1-5H3. The molecule has 0 amide bonds. The molecule has 1 atom stereocenters. The molecule has 2 nitrogen and oxygen atoms in total. The Balaban J connectivity index is 5.21. The molecule has 122 valence electrons. The summed E-state index contributed by atoms with van der Waals surface area (Å²) >= 11 is 0. The molecule has 0 fully saturated rings. The summed E-state index contributed by atoms with van der Waals surface area (Å²) in [5.41, 5.74) is 0. The first-order chi connectivity index (χ1) is 9.07. The molecular formula is C14H29F3O2Si. The first-order valence-corrected chi connectivity index (χ1v) is 10.2. The van der Waals surface area contributed by atoms with Crippen molar-refractivity contribution in [1.82, 2.24) is 0 Å². The minimum atomic E-state index is -4.20. The minimum absolute atomic E-state index is 0.0653. The summed E-state index contributed by atoms with van der Waals surface area (Å²) < 4.78 is 43.8. The monoisotopic (exact) mass is 314 g/mol. The lowest BCUT2D eigenvalue weighted by Gasteiger charge is -2.44. The lowest BCUT2D eigenvalue weighted by molar-refractivity contribution is -0.131. The molecule has 0 saturated carbocycles. The molecule has 0 aromatic rings. The third kappa shape index (κ3) is 5.37. The maximum atomic E-state index is 12.6. The SMILES string of the molecule is CCC(CC)O[Si](C)(CCC(F)(F)F)C(O)(CC)CC. The fraction of sp³-hybridized carbons (Fsp3) is 1.00. The molecule has 20 heavy (non-hydrogen) atoms. The Labute approximate surface area is 121 Å². The first kappa shape index (κ1) is 19.9. The van der Waals surface area contributed by atoms with Gasteiger partial charge in [-0.1, -0.05) is 27.7 Å². The molecule has 0 rings (SSSR count). The van der Waals surface area contributed by atoms with Crippen LogP contribution in [0.25, 0.3) is 0 Å². The number of alkyl halides is 3. The van der Waals surface area contributed by atoms with E-state index in [1.807, 2.05) is 27.7 Å². The van der Waals surface area contributed by atoms with E-state index in [-0.39, 0.29) is 12.1 Å². The third-order valence-corrected chi connectivity index (χ3v) is 9.11. The highest BCUT2D eigenvalue weighted by atomic mass is 28.4. The van der Waals surface area contributed by atoms with Crippen molar-refractivity contribution < 1.29 is 22.7 Å². The second-order valence-corrected chi connectivity index (χ2v) is 9.77. The van der Waals surface area contributed by atoms with E-state index in [9.17, 15) is 18.3 Å². The van der Waals surface area contributed by atoms with Gasteiger partial charge in [-0.15, -0.1) is 0 Å². The largest absolute Gasteiger partial charge is 0.411 e. The highest BCUT2D eigenvalue weighted by Crippen LogP contribution is 2.37. The summed E-state index contributed by atoms with van der Waals surface area (Å²) in [5.74, 6) is 0. The van der Waals surface area contributed by atoms with E-state index in [2.05, 4.69) is 0 Å². The van der Waals surface area contributed by atoms with E-state index < -0.39 is 26.1 Å². The summed E-state index contributed by atoms with van der Waals surface area (Å²) in [6, 6.07) is -0.0782. The summed E-state index contributed by atoms with van der Waals surface area (Å²) in [5, 5.41) is 9.66. The Kier molecular flexibility index (Phi) is 7.77. The quantitative estimate of drug-likeness (QED) is 0.619. The Morgan fingerprint density at radius 1 is 1.05 bits per heavy atom. The average molecular weight is 314 g/mol. The van der Waals surface area contributed by atoms with E-state index in [0.29, 0.717) is 12.8 Å². The van der Waals surface area contributed by atoms with Gasteiger partial charge < -0.3 is 9.53 Å². The Morgan fingerprint density at radius 2 is 1.50 bits per heavy atom. The van der Waals surface area contributed by atoms with Gasteiger partial charge in [-0.2, -0.15) is 13.2 Å². The highest BCUT2D eigenvalue weighted by Gasteiger charge is 2.51. The van der Waals surface area contributed by atoms with Gasteiger partial charge in [0.2, 0.25) is 8.32 Å². The molecule has 0 aromatic heterocycles. The van der Waals surface area contributed by atoms with Crippen LogP contribution in [0.5, 0.6) is 0 Å². The molecule has 0 saturated heterocycles. The normalized spacial score (nSPS) is 16.5. The van der Waals surface area contributed by atoms with Crippen molar-refractivity contribution in [3.63, 3.8) is 0 Å². The van der Waals surface area contributed by atoms with Crippen molar-refractivity contribution in [1.29, 1.82) is 0 Å². The van der Waals surface area contributed by atoms with Crippen LogP contribution in [0.1, 0.15) is 59.8 Å². The number of rotatable bonds is 9. The molecule has 0 aromatic carbocycles. The number of hydrogen-bond donors (Lipinski definition) is 1. The van der Waals surface area contributed by atoms with Gasteiger partial charge in [0, 0.05) is 12.5 Å². The molecule has 0 radical (unpaired) electrons. The van der Waals surface area contributed by atoms with Crippen molar-refractivity contribution in [2.24, 2.45) is 0 Å². The van der Waals surface area contributed by atoms with Crippen LogP contribution in [0.15, 0.2) is 0 Å². The van der Waals surface area contributed by atoms with Crippen LogP contribution in [0.2, 0.25) is 12.6 Å². The van der Waals surface area contributed by atoms with Crippen molar-refractivity contribution in [3.8, 4) is 0 Å². The van der Waals surface area contributed by atoms with Crippen molar-refractivity contribution in [3.05, 3.63) is 0 Å². The van der Waals surface area contributed by atoms with Crippen LogP contribution in [-0.2, 0) is 4.43 Å². The zero-order valence-electron chi connectivity index (χ0n) is 13.3. The summed E-state index contributed by atoms with van der Waals surface area (Å²) in [6.07, 6.45) is -2.76. The fourth-order valence-electron chi connectivity index (χ4n) is 2.60. The predicted molar refractivity (Wildman–Crippen MR) is 78.1 cm³/mol. The van der Waals surface area contributed by atoms with Crippen LogP contribution in [-0.4, -0.2) is 30.9 Å². The number of aliphatic hydroxyl groups is 1. The van der Waals surface area contributed by atoms with Crippen molar-refractivity contribution in [2.75, 3.05) is 0 Å². The maximum absolute atomic E-state index is 12.6. The van der Waals surface area contributed by atoms with Gasteiger partial charge in [-0.25, -0.2) is 0 Å². The van der Waals surface area contributed by atoms with E-state index >= 15 is 0 Å². The van der Waals surface area contributed by atoms with Gasteiger partial charge in [0.25, 0.3) is 0 Å². The van der Waals surface area contributed by atoms with Crippen LogP contribution < -0.4 is 0 Å². The van der Waals surface area contributed by atoms with Crippen LogP contribution >= 0.6 is 0 Å². The summed E-state index contributed by atoms with van der Waals surface area (Å²) in [4.78, 5) is 0. The molecule has 0 aliphatic carbocycles. The average Bonchev–Trinajstić information content (AvgIpc) is 2.40. The van der Waals surface area contributed by atoms with Crippen LogP contribution in [0.4, 0.5) is 13.2 Å². The minimum Gasteiger partial charge on any atom is -0.411 e. The highest BCUT2D eigenvalue weighted by molar-refractivity contribution is 6.75. The lowest BCUT2D eigenvalue weighted by atomic mass is 10.2. The van der Waals surface area contributed by atoms with Gasteiger partial charge in [0.1, 0.15) is 0 Å². The first-order valence-electron chi connectivity index (χ1n) is 7.54. The van der Waals surface area contributed by atoms with E-state index in [1.54, 1.807) is 6.55 Å². The number of halogens is 3. The van der Waals surface area contributed by atoms with Crippen molar-refractivity contribution in [2.45, 2.75) is 89.9 Å². The van der Waals surface area contributed by atoms with Crippen molar-refractivity contribution >= 4 is 8.32 Å². The fourth-order valence-corrected chi connectivity index (χ4v) is 6.73. The van der Waals surface area contributed by atoms with Crippen LogP contribution in [0, 0.1) is 0 Å². The van der Waals surface area contributed by atoms with Gasteiger partial charge in [-0.05, 0) is 38.3 Å². The van der Waals surface area contributed by atoms with Crippen LogP contribution in [0.3, 0.4) is 0 Å². The Morgan fingerprint density at radius 3 is 1.80 bits per heavy atom. The van der Waals surface area contributed by atoms with E-state index in [4.69, 9.17) is 4.43 Å². The summed E-state index contributed by atoms with van der Waals surface area (Å²) in [6.45, 7) is 9.31. The topological polar surface area (TPSA) is 29.5 Å². The van der Waals surface area contributed by atoms with Gasteiger partial charge in [0.15, 0.2) is 0 Å². The van der Waals surface area contributed by atoms with Gasteiger partial charge in [0.05, 0.1) is 5.22 Å². The zero-order chi connectivity index (χ0) is 16.0. The van der Waals surface area contributed by atoms with E-state index in [1.165, 1.54) is 0 Å². The van der Waals surface area contributed by atoms with Gasteiger partial charge in [-0.3, -0.25) is 0 Å². The summed E-state index contributed by atoms with van der Waals surface area (Å²) in [7, 11) is -2.88. The molecule has 6 heteroatoms. The molecule has 0 bridgehead atoms. The third-order valence-electron chi connectivity index (χ3n) is 4.38. The molecule has 1 N–H and O–H groups in total. The van der Waals surface area contributed by atoms with Gasteiger partial charge >= 0.3 is 6.18 Å². The second-order valence-electron chi connectivity index (χ2n) is 5.64. The molecule has 0 aliphatic heterocycles. The molecule has 1 unspecified atom stereocenters. The molecule has 0 spiro atoms. The molecule has 0 aliphatic rings. The molecule has 0 heterocycles. The smallest absolute Gasteiger partial charge is 0.388 e. The second kappa shape index (κ2) is 7.80. The van der Waals surface area contributed by atoms with E-state index in [0.717, 1.165) is 12.8 Å². The zero-order valence-corrected chi connectivity index (χ0v) is 14.3. The molecular weight excluding hydrogens is 285 g/mol. The Bertz CT molecular complexity index is 276. The number of hydrogen-bond acceptors (Lipinski definition) is 2. The predicted octanol–water partition coefficient (Wildman–Crippen LogP) is 4.81. The Hall–Kier alpha value is -0.0731. The maximum Gasteiger partial charge on any atom is 0.388 e.